The fourth-order valence-corrected chi connectivity index (χ4v) is 6.93. The van der Waals surface area contributed by atoms with Crippen LogP contribution < -0.4 is 4.74 Å². The van der Waals surface area contributed by atoms with Crippen molar-refractivity contribution in [3.63, 3.8) is 0 Å². The molecule has 2 aliphatic rings. The zero-order chi connectivity index (χ0) is 22.2. The number of aromatic nitrogens is 1. The summed E-state index contributed by atoms with van der Waals surface area (Å²) in [5.74, 6) is 0.675. The summed E-state index contributed by atoms with van der Waals surface area (Å²) >= 11 is 2.08. The molecule has 1 aromatic carbocycles. The van der Waals surface area contributed by atoms with E-state index in [9.17, 15) is 13.5 Å². The van der Waals surface area contributed by atoms with Gasteiger partial charge in [-0.05, 0) is 89.4 Å². The predicted molar refractivity (Wildman–Crippen MR) is 129 cm³/mol. The molecule has 1 aromatic heterocycles. The number of phenolic OH excluding ortho intramolecular Hbond substituents is 1. The fourth-order valence-electron chi connectivity index (χ4n) is 4.31. The van der Waals surface area contributed by atoms with E-state index < -0.39 is 15.1 Å². The van der Waals surface area contributed by atoms with Crippen LogP contribution in [0, 0.1) is 3.57 Å². The number of methoxy groups -OCH3 is 1. The standard InChI is InChI=1S/C23H24INO5S/c1-14-13-31(27,28)21-12-30-19(22(14)21)7-6-16(18-5-3-4-8-25-18)9-15-10-17(24)23(26)20(11-15)29-2/h3-5,8-11,19,21,26H,6-7,12-13H2,1-2H3/b16-9-/t19-,21+/m1/s1. The number of hydrogen-bond acceptors (Lipinski definition) is 6. The first-order valence-electron chi connectivity index (χ1n) is 10.0. The Bertz CT molecular complexity index is 1160. The topological polar surface area (TPSA) is 85.7 Å². The number of nitrogens with zero attached hydrogens (tertiary/aromatic N) is 1. The van der Waals surface area contributed by atoms with Gasteiger partial charge in [-0.1, -0.05) is 11.6 Å². The summed E-state index contributed by atoms with van der Waals surface area (Å²) in [5, 5.41) is 9.65. The first kappa shape index (κ1) is 22.3. The second-order valence-electron chi connectivity index (χ2n) is 7.83. The number of sulfone groups is 1. The second-order valence-corrected chi connectivity index (χ2v) is 11.2. The largest absolute Gasteiger partial charge is 0.504 e. The van der Waals surface area contributed by atoms with E-state index in [1.807, 2.05) is 37.3 Å². The number of phenols is 1. The molecule has 1 N–H and O–H groups in total. The van der Waals surface area contributed by atoms with Gasteiger partial charge < -0.3 is 14.6 Å². The summed E-state index contributed by atoms with van der Waals surface area (Å²) in [7, 11) is -1.60. The van der Waals surface area contributed by atoms with Crippen LogP contribution in [0.5, 0.6) is 11.5 Å². The number of ether oxygens (including phenoxy) is 2. The van der Waals surface area contributed by atoms with Crippen molar-refractivity contribution in [2.75, 3.05) is 19.5 Å². The van der Waals surface area contributed by atoms with Crippen LogP contribution in [-0.4, -0.2) is 49.3 Å². The normalized spacial score (nSPS) is 22.6. The van der Waals surface area contributed by atoms with E-state index in [-0.39, 0.29) is 24.2 Å². The Balaban J connectivity index is 1.63. The van der Waals surface area contributed by atoms with Gasteiger partial charge in [-0.2, -0.15) is 0 Å². The number of rotatable bonds is 6. The van der Waals surface area contributed by atoms with Crippen LogP contribution in [0.4, 0.5) is 0 Å². The monoisotopic (exact) mass is 553 g/mol. The predicted octanol–water partition coefficient (Wildman–Crippen LogP) is 4.23. The molecule has 0 aliphatic carbocycles. The van der Waals surface area contributed by atoms with Gasteiger partial charge in [-0.25, -0.2) is 8.42 Å². The van der Waals surface area contributed by atoms with Gasteiger partial charge in [0.05, 0.1) is 34.8 Å². The minimum Gasteiger partial charge on any atom is -0.504 e. The Morgan fingerprint density at radius 2 is 2.19 bits per heavy atom. The Labute approximate surface area is 196 Å². The molecule has 4 rings (SSSR count). The van der Waals surface area contributed by atoms with Crippen molar-refractivity contribution in [1.29, 1.82) is 0 Å². The molecule has 1 saturated heterocycles. The lowest BCUT2D eigenvalue weighted by Gasteiger charge is -2.15. The maximum atomic E-state index is 12.3. The lowest BCUT2D eigenvalue weighted by atomic mass is 9.95. The molecule has 0 spiro atoms. The lowest BCUT2D eigenvalue weighted by Crippen LogP contribution is -2.19. The highest BCUT2D eigenvalue weighted by Crippen LogP contribution is 2.39. The van der Waals surface area contributed by atoms with E-state index in [0.717, 1.165) is 28.0 Å². The van der Waals surface area contributed by atoms with E-state index >= 15 is 0 Å². The van der Waals surface area contributed by atoms with Crippen LogP contribution >= 0.6 is 22.6 Å². The molecule has 8 heteroatoms. The quantitative estimate of drug-likeness (QED) is 0.426. The average Bonchev–Trinajstić information content (AvgIpc) is 3.28. The van der Waals surface area contributed by atoms with Crippen LogP contribution in [0.3, 0.4) is 0 Å². The van der Waals surface area contributed by atoms with E-state index in [4.69, 9.17) is 9.47 Å². The molecule has 31 heavy (non-hydrogen) atoms. The van der Waals surface area contributed by atoms with Gasteiger partial charge in [0, 0.05) is 6.20 Å². The van der Waals surface area contributed by atoms with Crippen molar-refractivity contribution in [3.8, 4) is 11.5 Å². The summed E-state index contributed by atoms with van der Waals surface area (Å²) in [4.78, 5) is 4.51. The maximum Gasteiger partial charge on any atom is 0.171 e. The van der Waals surface area contributed by atoms with Gasteiger partial charge in [-0.3, -0.25) is 4.98 Å². The number of halogens is 1. The highest BCUT2D eigenvalue weighted by Gasteiger charge is 2.45. The zero-order valence-corrected chi connectivity index (χ0v) is 20.3. The fraction of sp³-hybridized carbons (Fsp3) is 0.348. The minimum atomic E-state index is -3.13. The Kier molecular flexibility index (Phi) is 6.41. The molecule has 164 valence electrons. The molecule has 2 aliphatic heterocycles. The van der Waals surface area contributed by atoms with E-state index in [1.54, 1.807) is 12.3 Å². The molecular weight excluding hydrogens is 529 g/mol. The van der Waals surface area contributed by atoms with Gasteiger partial charge in [0.15, 0.2) is 21.3 Å². The van der Waals surface area contributed by atoms with Crippen LogP contribution in [0.15, 0.2) is 47.7 Å². The van der Waals surface area contributed by atoms with Gasteiger partial charge in [0.25, 0.3) is 0 Å². The van der Waals surface area contributed by atoms with Crippen LogP contribution in [0.2, 0.25) is 0 Å². The zero-order valence-electron chi connectivity index (χ0n) is 17.3. The third-order valence-electron chi connectivity index (χ3n) is 5.77. The van der Waals surface area contributed by atoms with E-state index in [1.165, 1.54) is 7.11 Å². The van der Waals surface area contributed by atoms with Gasteiger partial charge in [0.1, 0.15) is 5.25 Å². The third-order valence-corrected chi connectivity index (χ3v) is 8.68. The average molecular weight is 553 g/mol. The Morgan fingerprint density at radius 1 is 1.39 bits per heavy atom. The summed E-state index contributed by atoms with van der Waals surface area (Å²) < 4.78 is 36.6. The number of benzene rings is 1. The number of allylic oxidation sites excluding steroid dienone is 1. The van der Waals surface area contributed by atoms with Crippen LogP contribution in [0.1, 0.15) is 31.0 Å². The van der Waals surface area contributed by atoms with Crippen molar-refractivity contribution in [3.05, 3.63) is 62.5 Å². The summed E-state index contributed by atoms with van der Waals surface area (Å²) in [6, 6.07) is 9.45. The number of fused-ring (bicyclic) bond motifs is 1. The number of pyridine rings is 1. The van der Waals surface area contributed by atoms with Crippen molar-refractivity contribution < 1.29 is 23.0 Å². The van der Waals surface area contributed by atoms with Crippen molar-refractivity contribution >= 4 is 44.1 Å². The summed E-state index contributed by atoms with van der Waals surface area (Å²) in [6.45, 7) is 2.14. The highest BCUT2D eigenvalue weighted by molar-refractivity contribution is 14.1. The third kappa shape index (κ3) is 4.51. The Hall–Kier alpha value is -1.91. The number of aromatic hydroxyl groups is 1. The molecule has 0 amide bonds. The maximum absolute atomic E-state index is 12.3. The van der Waals surface area contributed by atoms with Crippen molar-refractivity contribution in [1.82, 2.24) is 4.98 Å². The summed E-state index contributed by atoms with van der Waals surface area (Å²) in [5.41, 5.74) is 4.62. The molecule has 0 bridgehead atoms. The number of hydrogen-bond donors (Lipinski definition) is 1. The highest BCUT2D eigenvalue weighted by atomic mass is 127. The molecule has 2 aromatic rings. The van der Waals surface area contributed by atoms with Crippen LogP contribution in [-0.2, 0) is 14.6 Å². The van der Waals surface area contributed by atoms with Gasteiger partial charge in [-0.15, -0.1) is 0 Å². The smallest absolute Gasteiger partial charge is 0.171 e. The second kappa shape index (κ2) is 8.91. The molecule has 0 saturated carbocycles. The molecule has 0 unspecified atom stereocenters. The minimum absolute atomic E-state index is 0.120. The lowest BCUT2D eigenvalue weighted by molar-refractivity contribution is 0.118. The SMILES string of the molecule is COc1cc(/C=C(/CC[C@H]2OC[C@H]3C2=C(C)CS3(=O)=O)c2ccccn2)cc(I)c1O. The van der Waals surface area contributed by atoms with Crippen molar-refractivity contribution in [2.24, 2.45) is 0 Å². The molecule has 2 atom stereocenters. The molecular formula is C23H24INO5S. The van der Waals surface area contributed by atoms with Gasteiger partial charge >= 0.3 is 0 Å². The Morgan fingerprint density at radius 3 is 2.90 bits per heavy atom. The molecule has 0 radical (unpaired) electrons. The van der Waals surface area contributed by atoms with Crippen LogP contribution in [0.25, 0.3) is 11.6 Å². The first-order chi connectivity index (χ1) is 14.8. The first-order valence-corrected chi connectivity index (χ1v) is 12.8. The molecule has 1 fully saturated rings. The van der Waals surface area contributed by atoms with E-state index in [0.29, 0.717) is 22.2 Å². The molecule has 3 heterocycles. The molecule has 6 nitrogen and oxygen atoms in total. The van der Waals surface area contributed by atoms with Gasteiger partial charge in [0.2, 0.25) is 0 Å². The van der Waals surface area contributed by atoms with Crippen molar-refractivity contribution in [2.45, 2.75) is 31.1 Å². The van der Waals surface area contributed by atoms with E-state index in [2.05, 4.69) is 27.6 Å². The summed E-state index contributed by atoms with van der Waals surface area (Å²) in [6.07, 6.45) is 4.94.